The smallest absolute Gasteiger partial charge is 0.407 e. The van der Waals surface area contributed by atoms with Gasteiger partial charge in [0.15, 0.2) is 0 Å². The number of rotatable bonds is 5. The first-order valence-electron chi connectivity index (χ1n) is 9.66. The Kier molecular flexibility index (Phi) is 5.39. The highest BCUT2D eigenvalue weighted by atomic mass is 16.5. The Morgan fingerprint density at radius 1 is 0.967 bits per heavy atom. The molecule has 0 fully saturated rings. The third kappa shape index (κ3) is 3.98. The average molecular weight is 401 g/mol. The number of nitrogens with one attached hydrogen (secondary N) is 2. The number of hydrogen-bond acceptors (Lipinski definition) is 5. The van der Waals surface area contributed by atoms with Crippen molar-refractivity contribution in [2.75, 3.05) is 19.5 Å². The lowest BCUT2D eigenvalue weighted by Gasteiger charge is -2.15. The van der Waals surface area contributed by atoms with Crippen LogP contribution in [0.15, 0.2) is 60.7 Å². The van der Waals surface area contributed by atoms with E-state index in [2.05, 4.69) is 35.8 Å². The van der Waals surface area contributed by atoms with Crippen LogP contribution >= 0.6 is 0 Å². The van der Waals surface area contributed by atoms with Crippen LogP contribution in [0.4, 0.5) is 16.2 Å². The van der Waals surface area contributed by atoms with Gasteiger partial charge < -0.3 is 20.1 Å². The van der Waals surface area contributed by atoms with Gasteiger partial charge >= 0.3 is 6.09 Å². The molecular weight excluding hydrogens is 378 g/mol. The summed E-state index contributed by atoms with van der Waals surface area (Å²) in [6.45, 7) is 2.28. The number of anilines is 2. The summed E-state index contributed by atoms with van der Waals surface area (Å²) in [6, 6.07) is 20.0. The van der Waals surface area contributed by atoms with Gasteiger partial charge in [-0.2, -0.15) is 0 Å². The van der Waals surface area contributed by atoms with Crippen LogP contribution in [0.1, 0.15) is 11.1 Å². The number of methoxy groups -OCH3 is 1. The minimum atomic E-state index is -0.447. The Labute approximate surface area is 174 Å². The zero-order chi connectivity index (χ0) is 21.1. The Hall–Kier alpha value is -3.80. The average Bonchev–Trinajstić information content (AvgIpc) is 2.77. The maximum Gasteiger partial charge on any atom is 0.407 e. The number of amides is 1. The number of fused-ring (bicyclic) bond motifs is 2. The monoisotopic (exact) mass is 401 g/mol. The molecule has 0 aliphatic rings. The van der Waals surface area contributed by atoms with E-state index in [0.29, 0.717) is 0 Å². The largest absolute Gasteiger partial charge is 0.497 e. The molecule has 0 saturated carbocycles. The first kappa shape index (κ1) is 19.5. The second kappa shape index (κ2) is 8.29. The molecule has 3 aromatic carbocycles. The molecule has 2 N–H and O–H groups in total. The van der Waals surface area contributed by atoms with Gasteiger partial charge in [-0.3, -0.25) is 0 Å². The number of pyridine rings is 1. The molecule has 0 unspecified atom stereocenters. The Morgan fingerprint density at radius 2 is 1.67 bits per heavy atom. The molecule has 0 spiro atoms. The van der Waals surface area contributed by atoms with Crippen LogP contribution in [0.3, 0.4) is 0 Å². The van der Waals surface area contributed by atoms with Crippen molar-refractivity contribution in [3.05, 3.63) is 71.8 Å². The van der Waals surface area contributed by atoms with E-state index in [1.807, 2.05) is 42.5 Å². The number of carbonyl (C=O) groups excluding carboxylic acids is 1. The van der Waals surface area contributed by atoms with E-state index >= 15 is 0 Å². The van der Waals surface area contributed by atoms with Gasteiger partial charge in [-0.25, -0.2) is 9.78 Å². The Bertz CT molecular complexity index is 1220. The molecule has 4 rings (SSSR count). The van der Waals surface area contributed by atoms with Crippen molar-refractivity contribution in [3.8, 4) is 5.75 Å². The molecule has 4 aromatic rings. The van der Waals surface area contributed by atoms with Crippen molar-refractivity contribution in [1.82, 2.24) is 10.3 Å². The summed E-state index contributed by atoms with van der Waals surface area (Å²) in [5.74, 6) is 0.772. The predicted octanol–water partition coefficient (Wildman–Crippen LogP) is 5.30. The molecule has 6 heteroatoms. The number of aryl methyl sites for hydroxylation is 1. The number of alkyl carbamates (subject to hydrolysis) is 1. The fraction of sp³-hybridized carbons (Fsp3) is 0.167. The molecule has 1 heterocycles. The third-order valence-electron chi connectivity index (χ3n) is 4.94. The van der Waals surface area contributed by atoms with Crippen molar-refractivity contribution in [3.63, 3.8) is 0 Å². The standard InChI is InChI=1S/C24H23N3O3/c1-15-4-10-19-21(12-15)27-22-13-18(29-3)9-11-20(22)23(19)26-17-7-5-16(6-8-17)14-30-24(28)25-2/h4-13H,14H2,1-3H3,(H,25,28)(H,26,27). The number of hydrogen-bond donors (Lipinski definition) is 2. The van der Waals surface area contributed by atoms with Crippen LogP contribution < -0.4 is 15.4 Å². The summed E-state index contributed by atoms with van der Waals surface area (Å²) in [6.07, 6.45) is -0.447. The van der Waals surface area contributed by atoms with Crippen molar-refractivity contribution in [1.29, 1.82) is 0 Å². The second-order valence-electron chi connectivity index (χ2n) is 7.04. The second-order valence-corrected chi connectivity index (χ2v) is 7.04. The van der Waals surface area contributed by atoms with Crippen LogP contribution in [0.2, 0.25) is 0 Å². The molecule has 0 aliphatic carbocycles. The van der Waals surface area contributed by atoms with E-state index in [4.69, 9.17) is 14.5 Å². The zero-order valence-corrected chi connectivity index (χ0v) is 17.2. The minimum Gasteiger partial charge on any atom is -0.497 e. The quantitative estimate of drug-likeness (QED) is 0.444. The first-order chi connectivity index (χ1) is 14.6. The highest BCUT2D eigenvalue weighted by Gasteiger charge is 2.11. The van der Waals surface area contributed by atoms with E-state index in [0.717, 1.165) is 50.1 Å². The van der Waals surface area contributed by atoms with Gasteiger partial charge in [-0.1, -0.05) is 24.3 Å². The lowest BCUT2D eigenvalue weighted by molar-refractivity contribution is 0.142. The maximum absolute atomic E-state index is 11.3. The SMILES string of the molecule is CNC(=O)OCc1ccc(Nc2c3ccc(C)cc3nc3cc(OC)ccc23)cc1. The van der Waals surface area contributed by atoms with E-state index in [1.54, 1.807) is 7.11 Å². The van der Waals surface area contributed by atoms with Crippen molar-refractivity contribution < 1.29 is 14.3 Å². The summed E-state index contributed by atoms with van der Waals surface area (Å²) < 4.78 is 10.5. The van der Waals surface area contributed by atoms with Gasteiger partial charge in [0.05, 0.1) is 23.8 Å². The number of aromatic nitrogens is 1. The van der Waals surface area contributed by atoms with Crippen molar-refractivity contribution in [2.45, 2.75) is 13.5 Å². The fourth-order valence-corrected chi connectivity index (χ4v) is 3.35. The molecular formula is C24H23N3O3. The molecule has 0 aliphatic heterocycles. The molecule has 30 heavy (non-hydrogen) atoms. The van der Waals surface area contributed by atoms with Gasteiger partial charge in [0, 0.05) is 29.6 Å². The zero-order valence-electron chi connectivity index (χ0n) is 17.2. The first-order valence-corrected chi connectivity index (χ1v) is 9.66. The lowest BCUT2D eigenvalue weighted by atomic mass is 10.1. The summed E-state index contributed by atoms with van der Waals surface area (Å²) in [5.41, 5.74) is 5.79. The topological polar surface area (TPSA) is 72.5 Å². The Balaban J connectivity index is 1.72. The van der Waals surface area contributed by atoms with Crippen LogP contribution in [-0.4, -0.2) is 25.2 Å². The van der Waals surface area contributed by atoms with E-state index < -0.39 is 6.09 Å². The molecule has 0 bridgehead atoms. The van der Waals surface area contributed by atoms with Crippen LogP contribution in [0.25, 0.3) is 21.8 Å². The van der Waals surface area contributed by atoms with Gasteiger partial charge in [0.2, 0.25) is 0 Å². The molecule has 0 atom stereocenters. The molecule has 0 radical (unpaired) electrons. The Morgan fingerprint density at radius 3 is 2.37 bits per heavy atom. The van der Waals surface area contributed by atoms with E-state index in [9.17, 15) is 4.79 Å². The molecule has 6 nitrogen and oxygen atoms in total. The number of nitrogens with zero attached hydrogens (tertiary/aromatic N) is 1. The molecule has 1 amide bonds. The number of ether oxygens (including phenoxy) is 2. The van der Waals surface area contributed by atoms with E-state index in [-0.39, 0.29) is 6.61 Å². The van der Waals surface area contributed by atoms with Crippen molar-refractivity contribution >= 4 is 39.3 Å². The minimum absolute atomic E-state index is 0.222. The summed E-state index contributed by atoms with van der Waals surface area (Å²) in [7, 11) is 3.19. The maximum atomic E-state index is 11.3. The molecule has 1 aromatic heterocycles. The van der Waals surface area contributed by atoms with Gasteiger partial charge in [-0.05, 0) is 48.4 Å². The summed E-state index contributed by atoms with van der Waals surface area (Å²) in [5, 5.41) is 8.05. The number of carbonyl (C=O) groups is 1. The fourth-order valence-electron chi connectivity index (χ4n) is 3.35. The highest BCUT2D eigenvalue weighted by Crippen LogP contribution is 2.35. The van der Waals surface area contributed by atoms with E-state index in [1.165, 1.54) is 7.05 Å². The lowest BCUT2D eigenvalue weighted by Crippen LogP contribution is -2.18. The van der Waals surface area contributed by atoms with Gasteiger partial charge in [0.1, 0.15) is 12.4 Å². The highest BCUT2D eigenvalue weighted by molar-refractivity contribution is 6.09. The van der Waals surface area contributed by atoms with Crippen LogP contribution in [-0.2, 0) is 11.3 Å². The van der Waals surface area contributed by atoms with Gasteiger partial charge in [0.25, 0.3) is 0 Å². The summed E-state index contributed by atoms with van der Waals surface area (Å²) >= 11 is 0. The molecule has 152 valence electrons. The third-order valence-corrected chi connectivity index (χ3v) is 4.94. The van der Waals surface area contributed by atoms with Gasteiger partial charge in [-0.15, -0.1) is 0 Å². The number of benzene rings is 3. The summed E-state index contributed by atoms with van der Waals surface area (Å²) in [4.78, 5) is 16.1. The molecule has 0 saturated heterocycles. The van der Waals surface area contributed by atoms with Crippen molar-refractivity contribution in [2.24, 2.45) is 0 Å². The van der Waals surface area contributed by atoms with Crippen LogP contribution in [0.5, 0.6) is 5.75 Å². The van der Waals surface area contributed by atoms with Crippen LogP contribution in [0, 0.1) is 6.92 Å². The predicted molar refractivity (Wildman–Crippen MR) is 120 cm³/mol. The normalized spacial score (nSPS) is 10.8.